The number of aliphatic imine (C=N–C) groups is 2. The largest absolute Gasteiger partial charge is 3.00 e. The molecule has 0 spiro atoms. The van der Waals surface area contributed by atoms with Gasteiger partial charge in [0.1, 0.15) is 0 Å². The standard InChI is InChI=1S/C11H19N7O2.2ClH.Co/c1-7(9(3)16-19)13-5-11(15-18-12)6-14-8(2)10(4)17-20;;;/h11,19-20H,5-6H2,1-4H3;2*1H;/q;;;+3/p-3/b13-7?,14-8?,16-9+,17-10+;;;. The van der Waals surface area contributed by atoms with Gasteiger partial charge >= 0.3 is 16.8 Å². The number of halogens is 2. The Bertz CT molecular complexity index is 467. The first kappa shape index (κ1) is 29.7. The minimum atomic E-state index is -0.476. The summed E-state index contributed by atoms with van der Waals surface area (Å²) in [6.45, 7) is 6.92. The SMILES string of the molecule is CC(=NCC(CN=C(C)/C(C)=N/O)N=[N+]=[N-])/C(C)=N/[O-].[Cl-].[Cl-].[Co+3]. The van der Waals surface area contributed by atoms with E-state index in [0.717, 1.165) is 0 Å². The zero-order valence-electron chi connectivity index (χ0n) is 13.1. The van der Waals surface area contributed by atoms with E-state index in [4.69, 9.17) is 10.7 Å². The van der Waals surface area contributed by atoms with Crippen LogP contribution in [0.3, 0.4) is 0 Å². The van der Waals surface area contributed by atoms with Gasteiger partial charge in [0.2, 0.25) is 0 Å². The van der Waals surface area contributed by atoms with Crippen molar-refractivity contribution in [2.75, 3.05) is 13.1 Å². The van der Waals surface area contributed by atoms with Crippen LogP contribution in [0.4, 0.5) is 0 Å². The van der Waals surface area contributed by atoms with E-state index in [-0.39, 0.29) is 60.4 Å². The summed E-state index contributed by atoms with van der Waals surface area (Å²) in [5.74, 6) is 0. The summed E-state index contributed by atoms with van der Waals surface area (Å²) in [5, 5.41) is 28.3. The molecule has 1 N–H and O–H groups in total. The Morgan fingerprint density at radius 3 is 1.78 bits per heavy atom. The molecule has 0 heterocycles. The van der Waals surface area contributed by atoms with E-state index in [0.29, 0.717) is 17.1 Å². The summed E-state index contributed by atoms with van der Waals surface area (Å²) in [6, 6.07) is -0.476. The molecule has 0 saturated heterocycles. The number of nitrogens with zero attached hydrogens (tertiary/aromatic N) is 7. The van der Waals surface area contributed by atoms with Gasteiger partial charge in [-0.05, 0) is 33.2 Å². The van der Waals surface area contributed by atoms with Crippen LogP contribution < -0.4 is 24.8 Å². The van der Waals surface area contributed by atoms with Gasteiger partial charge in [-0.25, -0.2) is 0 Å². The van der Waals surface area contributed by atoms with Gasteiger partial charge in [-0.2, -0.15) is 0 Å². The molecule has 0 aliphatic heterocycles. The van der Waals surface area contributed by atoms with Crippen molar-refractivity contribution >= 4 is 22.8 Å². The molecule has 0 saturated carbocycles. The van der Waals surface area contributed by atoms with Gasteiger partial charge in [-0.3, -0.25) is 9.98 Å². The molecule has 12 heteroatoms. The molecule has 0 aliphatic carbocycles. The molecule has 0 aromatic carbocycles. The number of rotatable bonds is 7. The Morgan fingerprint density at radius 2 is 1.43 bits per heavy atom. The van der Waals surface area contributed by atoms with Crippen LogP contribution in [-0.4, -0.2) is 47.2 Å². The topological polar surface area (TPSA) is 141 Å². The first-order valence-electron chi connectivity index (χ1n) is 5.88. The second kappa shape index (κ2) is 17.0. The normalized spacial score (nSPS) is 13.7. The maximum atomic E-state index is 10.3. The number of hydrogen-bond donors (Lipinski definition) is 1. The Kier molecular flexibility index (Phi) is 22.0. The minimum absolute atomic E-state index is 0. The summed E-state index contributed by atoms with van der Waals surface area (Å²) in [7, 11) is 0. The Hall–Kier alpha value is -1.32. The molecular weight excluding hydrogens is 392 g/mol. The molecule has 0 bridgehead atoms. The van der Waals surface area contributed by atoms with Crippen LogP contribution >= 0.6 is 0 Å². The quantitative estimate of drug-likeness (QED) is 0.116. The van der Waals surface area contributed by atoms with Gasteiger partial charge in [0, 0.05) is 23.7 Å². The molecule has 0 amide bonds. The van der Waals surface area contributed by atoms with Gasteiger partial charge in [-0.1, -0.05) is 10.3 Å². The van der Waals surface area contributed by atoms with Crippen molar-refractivity contribution in [3.63, 3.8) is 0 Å². The van der Waals surface area contributed by atoms with Gasteiger partial charge in [0.15, 0.2) is 0 Å². The van der Waals surface area contributed by atoms with Gasteiger partial charge in [0.05, 0.1) is 23.2 Å². The van der Waals surface area contributed by atoms with Crippen molar-refractivity contribution < 1.29 is 46.8 Å². The predicted octanol–water partition coefficient (Wildman–Crippen LogP) is -3.60. The van der Waals surface area contributed by atoms with Crippen LogP contribution in [0.25, 0.3) is 10.4 Å². The summed E-state index contributed by atoms with van der Waals surface area (Å²) >= 11 is 0. The molecular formula is C11H18Cl2CoN7O2. The third kappa shape index (κ3) is 12.9. The smallest absolute Gasteiger partial charge is 1.00 e. The van der Waals surface area contributed by atoms with Crippen LogP contribution in [0.2, 0.25) is 0 Å². The predicted molar refractivity (Wildman–Crippen MR) is 80.3 cm³/mol. The fraction of sp³-hybridized carbons (Fsp3) is 0.636. The molecule has 0 aromatic rings. The first-order valence-corrected chi connectivity index (χ1v) is 5.88. The number of azide groups is 1. The Labute approximate surface area is 157 Å². The molecule has 0 fully saturated rings. The fourth-order valence-corrected chi connectivity index (χ4v) is 1.06. The van der Waals surface area contributed by atoms with Crippen molar-refractivity contribution in [1.82, 2.24) is 0 Å². The second-order valence-electron chi connectivity index (χ2n) is 4.07. The fourth-order valence-electron chi connectivity index (χ4n) is 1.06. The second-order valence-corrected chi connectivity index (χ2v) is 4.07. The van der Waals surface area contributed by atoms with Gasteiger partial charge in [-0.15, -0.1) is 0 Å². The van der Waals surface area contributed by atoms with E-state index in [1.807, 2.05) is 0 Å². The number of oxime groups is 1. The van der Waals surface area contributed by atoms with Crippen LogP contribution in [0, 0.1) is 5.21 Å². The Morgan fingerprint density at radius 1 is 1.00 bits per heavy atom. The summed E-state index contributed by atoms with van der Waals surface area (Å²) in [6.07, 6.45) is 0. The zero-order valence-corrected chi connectivity index (χ0v) is 15.6. The van der Waals surface area contributed by atoms with Gasteiger partial charge in [0.25, 0.3) is 0 Å². The van der Waals surface area contributed by atoms with E-state index in [9.17, 15) is 5.21 Å². The van der Waals surface area contributed by atoms with Crippen molar-refractivity contribution in [3.05, 3.63) is 15.7 Å². The van der Waals surface area contributed by atoms with E-state index in [2.05, 4.69) is 30.3 Å². The molecule has 23 heavy (non-hydrogen) atoms. The van der Waals surface area contributed by atoms with Crippen molar-refractivity contribution in [2.24, 2.45) is 25.4 Å². The maximum absolute atomic E-state index is 10.3. The Balaban J connectivity index is -0.000000602. The van der Waals surface area contributed by atoms with Crippen LogP contribution in [-0.2, 0) is 16.8 Å². The molecule has 0 aromatic heterocycles. The summed E-state index contributed by atoms with van der Waals surface area (Å²) < 4.78 is 0. The molecule has 9 nitrogen and oxygen atoms in total. The number of hydrogen-bond acceptors (Lipinski definition) is 7. The molecule has 0 rings (SSSR count). The van der Waals surface area contributed by atoms with Crippen molar-refractivity contribution in [2.45, 2.75) is 33.7 Å². The molecule has 132 valence electrons. The van der Waals surface area contributed by atoms with E-state index in [1.165, 1.54) is 0 Å². The summed E-state index contributed by atoms with van der Waals surface area (Å²) in [4.78, 5) is 11.0. The molecule has 0 aliphatic rings. The monoisotopic (exact) mass is 409 g/mol. The molecule has 0 radical (unpaired) electrons. The third-order valence-electron chi connectivity index (χ3n) is 2.63. The van der Waals surface area contributed by atoms with E-state index < -0.39 is 6.04 Å². The van der Waals surface area contributed by atoms with Gasteiger partial charge < -0.3 is 40.4 Å². The van der Waals surface area contributed by atoms with Crippen molar-refractivity contribution in [3.8, 4) is 0 Å². The van der Waals surface area contributed by atoms with E-state index in [1.54, 1.807) is 27.7 Å². The average Bonchev–Trinajstić information content (AvgIpc) is 2.47. The van der Waals surface area contributed by atoms with Crippen molar-refractivity contribution in [1.29, 1.82) is 0 Å². The molecule has 1 unspecified atom stereocenters. The summed E-state index contributed by atoms with van der Waals surface area (Å²) in [5.41, 5.74) is 10.2. The minimum Gasteiger partial charge on any atom is -1.00 e. The third-order valence-corrected chi connectivity index (χ3v) is 2.63. The first-order chi connectivity index (χ1) is 9.46. The average molecular weight is 410 g/mol. The zero-order chi connectivity index (χ0) is 15.5. The van der Waals surface area contributed by atoms with Crippen LogP contribution in [0.5, 0.6) is 0 Å². The molecule has 1 atom stereocenters. The van der Waals surface area contributed by atoms with E-state index >= 15 is 0 Å². The van der Waals surface area contributed by atoms with Crippen LogP contribution in [0.15, 0.2) is 25.4 Å². The van der Waals surface area contributed by atoms with Crippen LogP contribution in [0.1, 0.15) is 27.7 Å². The maximum Gasteiger partial charge on any atom is 3.00 e.